The lowest BCUT2D eigenvalue weighted by Crippen LogP contribution is -1.99. The van der Waals surface area contributed by atoms with E-state index in [4.69, 9.17) is 28.6 Å². The Hall–Kier alpha value is 1.02. The zero-order chi connectivity index (χ0) is 17.1. The summed E-state index contributed by atoms with van der Waals surface area (Å²) in [5, 5.41) is 0. The van der Waals surface area contributed by atoms with Crippen LogP contribution in [0.15, 0.2) is 0 Å². The highest BCUT2D eigenvalue weighted by Crippen LogP contribution is 2.35. The summed E-state index contributed by atoms with van der Waals surface area (Å²) in [6.45, 7) is 0.290. The van der Waals surface area contributed by atoms with Crippen molar-refractivity contribution in [3.8, 4) is 0 Å². The van der Waals surface area contributed by atoms with Crippen LogP contribution in [0.2, 0.25) is 0 Å². The van der Waals surface area contributed by atoms with Crippen LogP contribution in [-0.4, -0.2) is 68.1 Å². The molecule has 0 radical (unpaired) electrons. The summed E-state index contributed by atoms with van der Waals surface area (Å²) in [5.74, 6) is 1.48. The second-order valence-electron chi connectivity index (χ2n) is 3.89. The van der Waals surface area contributed by atoms with Crippen molar-refractivity contribution in [3.63, 3.8) is 0 Å². The standard InChI is InChI=1S/C8H19O9P3S2/c9-18(16-1-5-21-7-3-19(10,11)12)17-2-6-22-8-4-20(13,14)15/h1-8H2,(H3-,10,11,12,13,14,15)/p+1. The molecule has 0 atom stereocenters. The Morgan fingerprint density at radius 2 is 1.14 bits per heavy atom. The lowest BCUT2D eigenvalue weighted by molar-refractivity contribution is 0.246. The average molecular weight is 417 g/mol. The first kappa shape index (κ1) is 23.0. The van der Waals surface area contributed by atoms with Crippen molar-refractivity contribution in [1.82, 2.24) is 0 Å². The summed E-state index contributed by atoms with van der Waals surface area (Å²) >= 11 is 2.56. The number of thioether (sulfide) groups is 2. The van der Waals surface area contributed by atoms with Crippen molar-refractivity contribution in [1.29, 1.82) is 0 Å². The molecule has 14 heteroatoms. The first-order valence-electron chi connectivity index (χ1n) is 6.08. The van der Waals surface area contributed by atoms with Crippen molar-refractivity contribution < 1.29 is 42.3 Å². The molecule has 0 heterocycles. The molecule has 0 amide bonds. The number of hydrogen-bond donors (Lipinski definition) is 4. The minimum absolute atomic E-state index is 0.145. The quantitative estimate of drug-likeness (QED) is 0.240. The van der Waals surface area contributed by atoms with Gasteiger partial charge in [0, 0.05) is 27.6 Å². The van der Waals surface area contributed by atoms with Gasteiger partial charge in [-0.1, -0.05) is 0 Å². The Bertz CT molecular complexity index is 374. The highest BCUT2D eigenvalue weighted by Gasteiger charge is 2.20. The Kier molecular flexibility index (Phi) is 13.0. The van der Waals surface area contributed by atoms with E-state index in [1.807, 2.05) is 0 Å². The summed E-state index contributed by atoms with van der Waals surface area (Å²) in [6.07, 6.45) is -0.404. The summed E-state index contributed by atoms with van der Waals surface area (Å²) < 4.78 is 42.1. The average Bonchev–Trinajstić information content (AvgIpc) is 2.35. The van der Waals surface area contributed by atoms with Crippen LogP contribution in [-0.2, 0) is 22.7 Å². The van der Waals surface area contributed by atoms with Crippen molar-refractivity contribution in [2.24, 2.45) is 0 Å². The predicted octanol–water partition coefficient (Wildman–Crippen LogP) is 1.50. The number of rotatable bonds is 14. The van der Waals surface area contributed by atoms with Crippen LogP contribution in [0.25, 0.3) is 0 Å². The summed E-state index contributed by atoms with van der Waals surface area (Å²) in [7, 11) is -10.2. The third-order valence-electron chi connectivity index (χ3n) is 1.90. The van der Waals surface area contributed by atoms with E-state index in [2.05, 4.69) is 0 Å². The van der Waals surface area contributed by atoms with E-state index in [9.17, 15) is 13.7 Å². The van der Waals surface area contributed by atoms with Crippen LogP contribution >= 0.6 is 47.0 Å². The second kappa shape index (κ2) is 12.4. The van der Waals surface area contributed by atoms with Gasteiger partial charge < -0.3 is 19.6 Å². The second-order valence-corrected chi connectivity index (χ2v) is 10.9. The fraction of sp³-hybridized carbons (Fsp3) is 1.00. The van der Waals surface area contributed by atoms with Gasteiger partial charge in [0.15, 0.2) is 0 Å². The van der Waals surface area contributed by atoms with Crippen LogP contribution < -0.4 is 0 Å². The van der Waals surface area contributed by atoms with Crippen LogP contribution in [0.1, 0.15) is 0 Å². The van der Waals surface area contributed by atoms with Gasteiger partial charge in [-0.05, 0) is 0 Å². The topological polar surface area (TPSA) is 151 Å². The molecule has 0 rings (SSSR count). The van der Waals surface area contributed by atoms with Gasteiger partial charge in [0.2, 0.25) is 0 Å². The molecule has 0 aliphatic carbocycles. The van der Waals surface area contributed by atoms with Gasteiger partial charge in [-0.3, -0.25) is 9.13 Å². The molecule has 0 aromatic carbocycles. The lowest BCUT2D eigenvalue weighted by atomic mass is 10.9. The van der Waals surface area contributed by atoms with Gasteiger partial charge in [0.25, 0.3) is 0 Å². The Labute approximate surface area is 138 Å². The molecule has 132 valence electrons. The molecule has 0 unspecified atom stereocenters. The molecular weight excluding hydrogens is 397 g/mol. The molecule has 0 aromatic rings. The highest BCUT2D eigenvalue weighted by atomic mass is 32.2. The van der Waals surface area contributed by atoms with Gasteiger partial charge in [-0.25, -0.2) is 0 Å². The van der Waals surface area contributed by atoms with E-state index < -0.39 is 23.4 Å². The summed E-state index contributed by atoms with van der Waals surface area (Å²) in [4.78, 5) is 34.5. The van der Waals surface area contributed by atoms with Gasteiger partial charge >= 0.3 is 23.4 Å². The molecule has 9 nitrogen and oxygen atoms in total. The third-order valence-corrected chi connectivity index (χ3v) is 6.80. The molecule has 0 bridgehead atoms. The van der Waals surface area contributed by atoms with Crippen molar-refractivity contribution in [2.75, 3.05) is 48.5 Å². The van der Waals surface area contributed by atoms with Gasteiger partial charge in [-0.15, -0.1) is 9.05 Å². The largest absolute Gasteiger partial charge is 0.697 e. The highest BCUT2D eigenvalue weighted by molar-refractivity contribution is 7.99. The van der Waals surface area contributed by atoms with Gasteiger partial charge in [-0.2, -0.15) is 23.5 Å². The molecule has 0 aliphatic rings. The minimum Gasteiger partial charge on any atom is -0.324 e. The van der Waals surface area contributed by atoms with E-state index in [-0.39, 0.29) is 25.5 Å². The zero-order valence-electron chi connectivity index (χ0n) is 11.6. The van der Waals surface area contributed by atoms with E-state index in [1.165, 1.54) is 23.5 Å². The van der Waals surface area contributed by atoms with E-state index in [1.54, 1.807) is 0 Å². The minimum atomic E-state index is -3.96. The molecule has 0 aromatic heterocycles. The fourth-order valence-electron chi connectivity index (χ4n) is 0.950. The lowest BCUT2D eigenvalue weighted by Gasteiger charge is -2.02. The van der Waals surface area contributed by atoms with E-state index in [0.29, 0.717) is 23.0 Å². The smallest absolute Gasteiger partial charge is 0.324 e. The third kappa shape index (κ3) is 19.1. The van der Waals surface area contributed by atoms with Crippen molar-refractivity contribution in [2.45, 2.75) is 0 Å². The first-order chi connectivity index (χ1) is 10.1. The molecule has 0 saturated carbocycles. The van der Waals surface area contributed by atoms with Gasteiger partial charge in [0.05, 0.1) is 12.3 Å². The van der Waals surface area contributed by atoms with Crippen LogP contribution in [0.3, 0.4) is 0 Å². The van der Waals surface area contributed by atoms with Crippen molar-refractivity contribution >= 4 is 47.0 Å². The SMILES string of the molecule is O=[P+](OCCSCCP(=O)(O)O)OCCSCCP(=O)(O)O. The normalized spacial score (nSPS) is 12.5. The van der Waals surface area contributed by atoms with Gasteiger partial charge in [0.1, 0.15) is 13.2 Å². The molecule has 4 N–H and O–H groups in total. The molecule has 22 heavy (non-hydrogen) atoms. The van der Waals surface area contributed by atoms with Crippen molar-refractivity contribution in [3.05, 3.63) is 0 Å². The Balaban J connectivity index is 3.37. The van der Waals surface area contributed by atoms with Crippen LogP contribution in [0.4, 0.5) is 0 Å². The molecular formula is C8H20O9P3S2+. The predicted molar refractivity (Wildman–Crippen MR) is 88.0 cm³/mol. The molecule has 0 spiro atoms. The maximum absolute atomic E-state index is 11.3. The Morgan fingerprint density at radius 3 is 1.45 bits per heavy atom. The fourth-order valence-corrected chi connectivity index (χ4v) is 5.50. The molecule has 0 fully saturated rings. The maximum Gasteiger partial charge on any atom is 0.697 e. The van der Waals surface area contributed by atoms with Crippen LogP contribution in [0.5, 0.6) is 0 Å². The first-order valence-corrected chi connectivity index (χ1v) is 13.1. The van der Waals surface area contributed by atoms with Crippen LogP contribution in [0, 0.1) is 0 Å². The maximum atomic E-state index is 11.3. The zero-order valence-corrected chi connectivity index (χ0v) is 16.0. The molecule has 0 saturated heterocycles. The summed E-state index contributed by atoms with van der Waals surface area (Å²) in [5.41, 5.74) is 0. The summed E-state index contributed by atoms with van der Waals surface area (Å²) in [6, 6.07) is 0. The molecule has 0 aliphatic heterocycles. The van der Waals surface area contributed by atoms with E-state index in [0.717, 1.165) is 0 Å². The number of hydrogen-bond acceptors (Lipinski definition) is 7. The Morgan fingerprint density at radius 1 is 0.773 bits per heavy atom. The van der Waals surface area contributed by atoms with E-state index >= 15 is 0 Å². The monoisotopic (exact) mass is 417 g/mol.